The molecule has 0 atom stereocenters. The van der Waals surface area contributed by atoms with E-state index in [0.29, 0.717) is 49.9 Å². The van der Waals surface area contributed by atoms with Gasteiger partial charge in [0.1, 0.15) is 0 Å². The summed E-state index contributed by atoms with van der Waals surface area (Å²) in [6.45, 7) is 5.08. The zero-order valence-corrected chi connectivity index (χ0v) is 32.9. The summed E-state index contributed by atoms with van der Waals surface area (Å²) in [6, 6.07) is 24.2. The normalized spacial score (nSPS) is 22.5. The van der Waals surface area contributed by atoms with E-state index in [1.54, 1.807) is 36.5 Å². The number of pyridine rings is 3. The smallest absolute Gasteiger partial charge is 0.216 e. The van der Waals surface area contributed by atoms with Crippen LogP contribution in [0.25, 0.3) is 44.6 Å². The maximum atomic E-state index is 9.45. The van der Waals surface area contributed by atoms with Gasteiger partial charge < -0.3 is 14.4 Å². The maximum Gasteiger partial charge on any atom is 0.216 e. The second kappa shape index (κ2) is 14.6. The topological polar surface area (TPSA) is 51.8 Å². The third-order valence-corrected chi connectivity index (χ3v) is 10.7. The van der Waals surface area contributed by atoms with Crippen LogP contribution >= 0.6 is 0 Å². The predicted molar refractivity (Wildman–Crippen MR) is 210 cm³/mol. The summed E-state index contributed by atoms with van der Waals surface area (Å²) in [6.07, 6.45) is 8.94. The molecular formula is C47H53IrN3O-2. The quantitative estimate of drug-likeness (QED) is 0.166. The number of hydrogen-bond donors (Lipinski definition) is 0. The Labute approximate surface area is 340 Å². The van der Waals surface area contributed by atoms with Crippen molar-refractivity contribution in [2.45, 2.75) is 106 Å². The van der Waals surface area contributed by atoms with E-state index >= 15 is 0 Å². The summed E-state index contributed by atoms with van der Waals surface area (Å²) >= 11 is 0. The Morgan fingerprint density at radius 2 is 1.54 bits per heavy atom. The van der Waals surface area contributed by atoms with E-state index in [1.165, 1.54) is 49.7 Å². The fraction of sp³-hybridized carbons (Fsp3) is 0.426. The molecular weight excluding hydrogens is 815 g/mol. The second-order valence-electron chi connectivity index (χ2n) is 16.6. The average Bonchev–Trinajstić information content (AvgIpc) is 3.56. The standard InChI is InChI=1S/C34H41N2O.C13H12N.Ir/c1-23-10-11-26-25-8-7-9-27(29(25)37-30(26)36-23)28-18-24(12-17-35-28)19-33(6)13-15-34(16-14-33)21-31(2,3)20-32(4,5)22-34;1-10-3-6-12(7-4-10)13-8-5-11(2)9-14-13;/h7-8,10-12,17-18H,13-16,19-22H2,1-6H3;3-6,8-9H,1-2H3;/q2*-1;/i1D3,19D2;1D3,2D3;. The molecule has 2 aliphatic carbocycles. The predicted octanol–water partition coefficient (Wildman–Crippen LogP) is 12.7. The van der Waals surface area contributed by atoms with Crippen molar-refractivity contribution < 1.29 is 39.6 Å². The van der Waals surface area contributed by atoms with Crippen LogP contribution < -0.4 is 0 Å². The Bertz CT molecular complexity index is 2490. The summed E-state index contributed by atoms with van der Waals surface area (Å²) in [7, 11) is 0. The minimum Gasteiger partial charge on any atom is -0.486 e. The Hall–Kier alpha value is -3.66. The van der Waals surface area contributed by atoms with Gasteiger partial charge in [0, 0.05) is 58.7 Å². The molecule has 5 heteroatoms. The number of hydrogen-bond acceptors (Lipinski definition) is 4. The Balaban J connectivity index is 0.000000265. The molecule has 1 radical (unpaired) electrons. The van der Waals surface area contributed by atoms with Gasteiger partial charge in [0.05, 0.1) is 5.58 Å². The van der Waals surface area contributed by atoms with Crippen LogP contribution in [0.1, 0.15) is 117 Å². The molecule has 0 bridgehead atoms. The average molecular weight is 879 g/mol. The third kappa shape index (κ3) is 8.42. The largest absolute Gasteiger partial charge is 0.486 e. The van der Waals surface area contributed by atoms with Gasteiger partial charge in [-0.2, -0.15) is 0 Å². The van der Waals surface area contributed by atoms with Crippen LogP contribution in [-0.4, -0.2) is 15.0 Å². The minimum atomic E-state index is -2.33. The molecule has 1 spiro atoms. The third-order valence-electron chi connectivity index (χ3n) is 10.7. The van der Waals surface area contributed by atoms with Gasteiger partial charge in [-0.05, 0) is 122 Å². The summed E-state index contributed by atoms with van der Waals surface area (Å²) in [4.78, 5) is 13.0. The van der Waals surface area contributed by atoms with Crippen LogP contribution in [0.15, 0.2) is 83.5 Å². The van der Waals surface area contributed by atoms with Gasteiger partial charge in [-0.1, -0.05) is 76.2 Å². The van der Waals surface area contributed by atoms with Crippen molar-refractivity contribution >= 4 is 22.1 Å². The van der Waals surface area contributed by atoms with E-state index in [4.69, 9.17) is 16.8 Å². The Morgan fingerprint density at radius 3 is 2.21 bits per heavy atom. The van der Waals surface area contributed by atoms with Crippen LogP contribution in [0.2, 0.25) is 0 Å². The SMILES string of the molecule is [2H]C([2H])([2H])c1c[c-]c(-c2ccc(C([2H])([2H])[2H])cn2)cc1.[2H]C([2H])([2H])c1ccc2c(n1)oc1c(-c3cc(C([2H])([2H])C4(C)CCC5(CC4)CC(C)(C)CC(C)(C)C5)ccn3)[c-]ccc12.[Ir]. The summed E-state index contributed by atoms with van der Waals surface area (Å²) in [5.74, 6) is 0. The van der Waals surface area contributed by atoms with Gasteiger partial charge in [0.2, 0.25) is 5.71 Å². The van der Waals surface area contributed by atoms with E-state index in [-0.39, 0.29) is 42.6 Å². The molecule has 52 heavy (non-hydrogen) atoms. The number of fused-ring (bicyclic) bond motifs is 3. The molecule has 4 nitrogen and oxygen atoms in total. The summed E-state index contributed by atoms with van der Waals surface area (Å²) in [5, 5.41) is 1.51. The maximum absolute atomic E-state index is 9.45. The number of aromatic nitrogens is 3. The molecule has 0 N–H and O–H groups in total. The van der Waals surface area contributed by atoms with Crippen LogP contribution in [0.5, 0.6) is 0 Å². The molecule has 0 unspecified atom stereocenters. The number of furan rings is 1. The van der Waals surface area contributed by atoms with Gasteiger partial charge in [-0.3, -0.25) is 0 Å². The van der Waals surface area contributed by atoms with Gasteiger partial charge in [0.15, 0.2) is 0 Å². The summed E-state index contributed by atoms with van der Waals surface area (Å²) < 4.78 is 91.8. The van der Waals surface area contributed by atoms with Gasteiger partial charge >= 0.3 is 0 Å². The molecule has 2 saturated carbocycles. The molecule has 6 aromatic rings. The number of benzene rings is 2. The fourth-order valence-corrected chi connectivity index (χ4v) is 9.27. The fourth-order valence-electron chi connectivity index (χ4n) is 9.27. The van der Waals surface area contributed by atoms with Crippen molar-refractivity contribution in [1.29, 1.82) is 0 Å². The van der Waals surface area contributed by atoms with Crippen molar-refractivity contribution in [3.05, 3.63) is 114 Å². The van der Waals surface area contributed by atoms with Gasteiger partial charge in [-0.15, -0.1) is 53.6 Å². The summed E-state index contributed by atoms with van der Waals surface area (Å²) in [5.41, 5.74) is 4.52. The minimum absolute atomic E-state index is 0. The molecule has 2 aromatic carbocycles. The van der Waals surface area contributed by atoms with Crippen molar-refractivity contribution in [3.8, 4) is 22.5 Å². The molecule has 0 aliphatic heterocycles. The molecule has 2 aliphatic rings. The molecule has 2 fully saturated rings. The van der Waals surface area contributed by atoms with Gasteiger partial charge in [0.25, 0.3) is 0 Å². The number of nitrogens with zero attached hydrogens (tertiary/aromatic N) is 3. The van der Waals surface area contributed by atoms with E-state index in [1.807, 2.05) is 12.1 Å². The molecule has 0 amide bonds. The van der Waals surface area contributed by atoms with Crippen LogP contribution in [-0.2, 0) is 26.5 Å². The molecule has 8 rings (SSSR count). The van der Waals surface area contributed by atoms with Crippen LogP contribution in [0, 0.1) is 54.3 Å². The van der Waals surface area contributed by atoms with E-state index < -0.39 is 32.3 Å². The van der Waals surface area contributed by atoms with E-state index in [0.717, 1.165) is 36.5 Å². The number of aryl methyl sites for hydroxylation is 3. The van der Waals surface area contributed by atoms with Crippen molar-refractivity contribution in [1.82, 2.24) is 15.0 Å². The molecule has 4 heterocycles. The van der Waals surface area contributed by atoms with E-state index in [2.05, 4.69) is 61.7 Å². The monoisotopic (exact) mass is 879 g/mol. The van der Waals surface area contributed by atoms with Crippen molar-refractivity contribution in [2.24, 2.45) is 21.7 Å². The zero-order chi connectivity index (χ0) is 45.3. The number of rotatable bonds is 4. The Morgan fingerprint density at radius 1 is 0.769 bits per heavy atom. The molecule has 4 aromatic heterocycles. The van der Waals surface area contributed by atoms with Crippen LogP contribution in [0.3, 0.4) is 0 Å². The van der Waals surface area contributed by atoms with Crippen LogP contribution in [0.4, 0.5) is 0 Å². The molecule has 273 valence electrons. The molecule has 0 saturated heterocycles. The van der Waals surface area contributed by atoms with E-state index in [9.17, 15) is 2.74 Å². The zero-order valence-electron chi connectivity index (χ0n) is 41.5. The van der Waals surface area contributed by atoms with Crippen molar-refractivity contribution in [2.75, 3.05) is 0 Å². The van der Waals surface area contributed by atoms with Gasteiger partial charge in [-0.25, -0.2) is 4.98 Å². The first-order chi connectivity index (χ1) is 28.6. The Kier molecular flexibility index (Phi) is 7.37. The first-order valence-electron chi connectivity index (χ1n) is 23.3. The first kappa shape index (κ1) is 26.2. The van der Waals surface area contributed by atoms with Crippen molar-refractivity contribution in [3.63, 3.8) is 0 Å². The first-order valence-corrected chi connectivity index (χ1v) is 17.8. The second-order valence-corrected chi connectivity index (χ2v) is 16.6.